The Morgan fingerprint density at radius 2 is 2.14 bits per heavy atom. The predicted octanol–water partition coefficient (Wildman–Crippen LogP) is 2.19. The van der Waals surface area contributed by atoms with Gasteiger partial charge < -0.3 is 9.47 Å². The lowest BCUT2D eigenvalue weighted by molar-refractivity contribution is -0.121. The fourth-order valence-corrected chi connectivity index (χ4v) is 3.53. The number of hydrazone groups is 1. The summed E-state index contributed by atoms with van der Waals surface area (Å²) in [5.41, 5.74) is 2.81. The summed E-state index contributed by atoms with van der Waals surface area (Å²) in [7, 11) is 3.10. The molecule has 0 fully saturated rings. The number of amides is 1. The highest BCUT2D eigenvalue weighted by Gasteiger charge is 2.10. The second kappa shape index (κ2) is 8.66. The van der Waals surface area contributed by atoms with Crippen LogP contribution >= 0.6 is 11.3 Å². The minimum absolute atomic E-state index is 0.175. The van der Waals surface area contributed by atoms with Gasteiger partial charge in [0.25, 0.3) is 11.5 Å². The number of fused-ring (bicyclic) bond motifs is 1. The van der Waals surface area contributed by atoms with E-state index < -0.39 is 5.91 Å². The second-order valence-corrected chi connectivity index (χ2v) is 6.98. The highest BCUT2D eigenvalue weighted by atomic mass is 32.1. The third-order valence-corrected chi connectivity index (χ3v) is 5.25. The third kappa shape index (κ3) is 4.20. The Kier molecular flexibility index (Phi) is 6.05. The van der Waals surface area contributed by atoms with E-state index in [1.165, 1.54) is 28.4 Å². The molecule has 0 bridgehead atoms. The van der Waals surface area contributed by atoms with Gasteiger partial charge in [0.1, 0.15) is 22.9 Å². The van der Waals surface area contributed by atoms with Crippen LogP contribution in [0.5, 0.6) is 11.5 Å². The van der Waals surface area contributed by atoms with Crippen LogP contribution in [0.3, 0.4) is 0 Å². The van der Waals surface area contributed by atoms with Crippen molar-refractivity contribution in [2.75, 3.05) is 14.2 Å². The van der Waals surface area contributed by atoms with Crippen LogP contribution in [0.4, 0.5) is 0 Å². The van der Waals surface area contributed by atoms with Crippen LogP contribution in [-0.4, -0.2) is 35.9 Å². The third-order valence-electron chi connectivity index (χ3n) is 4.06. The molecule has 2 heterocycles. The molecule has 2 aromatic heterocycles. The zero-order valence-corrected chi connectivity index (χ0v) is 16.6. The van der Waals surface area contributed by atoms with Crippen LogP contribution in [0.15, 0.2) is 40.5 Å². The number of carbonyl (C=O) groups excluding carboxylic acids is 1. The summed E-state index contributed by atoms with van der Waals surface area (Å²) >= 11 is 1.49. The molecule has 0 spiro atoms. The summed E-state index contributed by atoms with van der Waals surface area (Å²) < 4.78 is 11.7. The van der Waals surface area contributed by atoms with Crippen LogP contribution in [0.1, 0.15) is 17.4 Å². The summed E-state index contributed by atoms with van der Waals surface area (Å²) in [6.07, 6.45) is 3.67. The molecule has 0 aliphatic rings. The SMILES string of the molecule is CCc1cc2c(=O)n(CC(=O)N/N=C/c3cc(OC)ccc3OC)cnc2s1. The predicted molar refractivity (Wildman–Crippen MR) is 109 cm³/mol. The number of methoxy groups -OCH3 is 2. The standard InChI is InChI=1S/C19H20N4O4S/c1-4-14-8-15-18(28-14)20-11-23(19(15)25)10-17(24)22-21-9-12-7-13(26-2)5-6-16(12)27-3/h5-9,11H,4,10H2,1-3H3,(H,22,24)/b21-9+. The lowest BCUT2D eigenvalue weighted by Crippen LogP contribution is -2.29. The maximum absolute atomic E-state index is 12.5. The zero-order valence-electron chi connectivity index (χ0n) is 15.8. The summed E-state index contributed by atoms with van der Waals surface area (Å²) in [5, 5.41) is 4.47. The largest absolute Gasteiger partial charge is 0.497 e. The zero-order chi connectivity index (χ0) is 20.1. The molecule has 8 nitrogen and oxygen atoms in total. The number of ether oxygens (including phenoxy) is 2. The molecule has 28 heavy (non-hydrogen) atoms. The van der Waals surface area contributed by atoms with Gasteiger partial charge >= 0.3 is 0 Å². The molecular weight excluding hydrogens is 380 g/mol. The molecule has 0 aliphatic heterocycles. The van der Waals surface area contributed by atoms with Gasteiger partial charge in [-0.3, -0.25) is 14.2 Å². The van der Waals surface area contributed by atoms with E-state index in [4.69, 9.17) is 9.47 Å². The van der Waals surface area contributed by atoms with Crippen molar-refractivity contribution in [2.45, 2.75) is 19.9 Å². The van der Waals surface area contributed by atoms with E-state index in [0.717, 1.165) is 11.3 Å². The fraction of sp³-hybridized carbons (Fsp3) is 0.263. The number of aromatic nitrogens is 2. The van der Waals surface area contributed by atoms with Gasteiger partial charge in [-0.25, -0.2) is 10.4 Å². The Morgan fingerprint density at radius 1 is 1.32 bits per heavy atom. The molecule has 3 aromatic rings. The number of rotatable bonds is 7. The Morgan fingerprint density at radius 3 is 2.86 bits per heavy atom. The topological polar surface area (TPSA) is 94.8 Å². The van der Waals surface area contributed by atoms with E-state index in [1.54, 1.807) is 32.4 Å². The number of benzene rings is 1. The molecular formula is C19H20N4O4S. The molecule has 1 aromatic carbocycles. The van der Waals surface area contributed by atoms with Gasteiger partial charge in [0, 0.05) is 10.4 Å². The number of hydrogen-bond donors (Lipinski definition) is 1. The number of carbonyl (C=O) groups is 1. The minimum atomic E-state index is -0.438. The van der Waals surface area contributed by atoms with Gasteiger partial charge in [-0.2, -0.15) is 5.10 Å². The molecule has 1 N–H and O–H groups in total. The van der Waals surface area contributed by atoms with Crippen LogP contribution in [0, 0.1) is 0 Å². The summed E-state index contributed by atoms with van der Waals surface area (Å²) in [6, 6.07) is 7.07. The molecule has 0 unspecified atom stereocenters. The molecule has 0 saturated heterocycles. The molecule has 0 atom stereocenters. The fourth-order valence-electron chi connectivity index (χ4n) is 2.60. The molecule has 0 aliphatic carbocycles. The van der Waals surface area contributed by atoms with Crippen LogP contribution in [-0.2, 0) is 17.8 Å². The summed E-state index contributed by atoms with van der Waals surface area (Å²) in [4.78, 5) is 30.7. The number of nitrogens with zero attached hydrogens (tertiary/aromatic N) is 3. The van der Waals surface area contributed by atoms with E-state index in [1.807, 2.05) is 13.0 Å². The van der Waals surface area contributed by atoms with E-state index >= 15 is 0 Å². The van der Waals surface area contributed by atoms with Crippen molar-refractivity contribution in [1.29, 1.82) is 0 Å². The van der Waals surface area contributed by atoms with Crippen LogP contribution < -0.4 is 20.5 Å². The van der Waals surface area contributed by atoms with Gasteiger partial charge in [-0.15, -0.1) is 11.3 Å². The molecule has 146 valence electrons. The van der Waals surface area contributed by atoms with Crippen molar-refractivity contribution in [3.8, 4) is 11.5 Å². The van der Waals surface area contributed by atoms with Crippen molar-refractivity contribution >= 4 is 33.7 Å². The monoisotopic (exact) mass is 400 g/mol. The van der Waals surface area contributed by atoms with E-state index in [-0.39, 0.29) is 12.1 Å². The lowest BCUT2D eigenvalue weighted by atomic mass is 10.2. The highest BCUT2D eigenvalue weighted by Crippen LogP contribution is 2.22. The first-order valence-corrected chi connectivity index (χ1v) is 9.39. The Hall–Kier alpha value is -3.20. The van der Waals surface area contributed by atoms with Gasteiger partial charge in [-0.05, 0) is 30.7 Å². The molecule has 0 saturated carbocycles. The van der Waals surface area contributed by atoms with Crippen LogP contribution in [0.25, 0.3) is 10.2 Å². The number of nitrogens with one attached hydrogen (secondary N) is 1. The summed E-state index contributed by atoms with van der Waals surface area (Å²) in [6.45, 7) is 1.84. The van der Waals surface area contributed by atoms with Crippen molar-refractivity contribution in [3.05, 3.63) is 51.4 Å². The first-order valence-electron chi connectivity index (χ1n) is 8.57. The Balaban J connectivity index is 1.71. The van der Waals surface area contributed by atoms with Crippen LogP contribution in [0.2, 0.25) is 0 Å². The lowest BCUT2D eigenvalue weighted by Gasteiger charge is -2.07. The number of aryl methyl sites for hydroxylation is 1. The van der Waals surface area contributed by atoms with Gasteiger partial charge in [0.2, 0.25) is 0 Å². The van der Waals surface area contributed by atoms with E-state index in [0.29, 0.717) is 27.3 Å². The highest BCUT2D eigenvalue weighted by molar-refractivity contribution is 7.18. The quantitative estimate of drug-likeness (QED) is 0.485. The van der Waals surface area contributed by atoms with Gasteiger partial charge in [-0.1, -0.05) is 6.92 Å². The maximum atomic E-state index is 12.5. The van der Waals surface area contributed by atoms with E-state index in [9.17, 15) is 9.59 Å². The van der Waals surface area contributed by atoms with Crippen molar-refractivity contribution < 1.29 is 14.3 Å². The van der Waals surface area contributed by atoms with Crippen molar-refractivity contribution in [1.82, 2.24) is 15.0 Å². The maximum Gasteiger partial charge on any atom is 0.262 e. The molecule has 3 rings (SSSR count). The summed E-state index contributed by atoms with van der Waals surface area (Å²) in [5.74, 6) is 0.794. The van der Waals surface area contributed by atoms with Crippen molar-refractivity contribution in [3.63, 3.8) is 0 Å². The second-order valence-electron chi connectivity index (χ2n) is 5.86. The first-order chi connectivity index (χ1) is 13.5. The normalized spacial score (nSPS) is 11.1. The molecule has 1 amide bonds. The molecule has 9 heteroatoms. The average molecular weight is 400 g/mol. The smallest absolute Gasteiger partial charge is 0.262 e. The average Bonchev–Trinajstić information content (AvgIpc) is 3.14. The molecule has 0 radical (unpaired) electrons. The first kappa shape index (κ1) is 19.6. The number of thiophene rings is 1. The minimum Gasteiger partial charge on any atom is -0.497 e. The van der Waals surface area contributed by atoms with Crippen molar-refractivity contribution in [2.24, 2.45) is 5.10 Å². The Bertz CT molecular complexity index is 1090. The van der Waals surface area contributed by atoms with Gasteiger partial charge in [0.15, 0.2) is 0 Å². The van der Waals surface area contributed by atoms with Gasteiger partial charge in [0.05, 0.1) is 32.1 Å². The number of hydrogen-bond acceptors (Lipinski definition) is 7. The van der Waals surface area contributed by atoms with E-state index in [2.05, 4.69) is 15.5 Å². The Labute approximate surface area is 165 Å².